The van der Waals surface area contributed by atoms with E-state index in [0.717, 1.165) is 77.0 Å². The lowest BCUT2D eigenvalue weighted by molar-refractivity contribution is 0.0895. The number of nitrogens with one attached hydrogen (secondary N) is 3. The van der Waals surface area contributed by atoms with Crippen molar-refractivity contribution in [1.82, 2.24) is 40.6 Å². The third-order valence-electron chi connectivity index (χ3n) is 7.72. The average Bonchev–Trinajstić information content (AvgIpc) is 3.59. The van der Waals surface area contributed by atoms with E-state index in [2.05, 4.69) is 66.0 Å². The molecule has 11 heteroatoms. The monoisotopic (exact) mass is 588 g/mol. The molecule has 3 aromatic heterocycles. The molecular formula is C31H37ClN8O2. The Kier molecular flexibility index (Phi) is 8.32. The quantitative estimate of drug-likeness (QED) is 0.251. The maximum Gasteiger partial charge on any atom is 0.315 e. The van der Waals surface area contributed by atoms with Crippen molar-refractivity contribution in [3.05, 3.63) is 71.1 Å². The summed E-state index contributed by atoms with van der Waals surface area (Å²) in [5, 5.41) is 12.5. The average molecular weight is 589 g/mol. The van der Waals surface area contributed by atoms with Gasteiger partial charge in [-0.15, -0.1) is 12.4 Å². The van der Waals surface area contributed by atoms with Gasteiger partial charge in [-0.2, -0.15) is 4.98 Å². The molecule has 0 unspecified atom stereocenters. The van der Waals surface area contributed by atoms with Gasteiger partial charge in [0.15, 0.2) is 5.82 Å². The van der Waals surface area contributed by atoms with Crippen LogP contribution in [0.15, 0.2) is 47.2 Å². The number of piperazine rings is 1. The van der Waals surface area contributed by atoms with E-state index in [9.17, 15) is 4.79 Å². The minimum absolute atomic E-state index is 0. The predicted octanol–water partition coefficient (Wildman–Crippen LogP) is 5.09. The van der Waals surface area contributed by atoms with E-state index >= 15 is 0 Å². The van der Waals surface area contributed by atoms with Gasteiger partial charge >= 0.3 is 11.8 Å². The van der Waals surface area contributed by atoms with Crippen LogP contribution in [-0.2, 0) is 12.0 Å². The molecule has 2 aromatic carbocycles. The second kappa shape index (κ2) is 11.8. The Hall–Kier alpha value is -3.86. The van der Waals surface area contributed by atoms with Gasteiger partial charge in [0.25, 0.3) is 0 Å². The normalized spacial score (nSPS) is 15.1. The molecule has 6 rings (SSSR count). The lowest BCUT2D eigenvalue weighted by Crippen LogP contribution is -2.42. The van der Waals surface area contributed by atoms with Gasteiger partial charge in [0.2, 0.25) is 0 Å². The topological polar surface area (TPSA) is 125 Å². The van der Waals surface area contributed by atoms with Crippen molar-refractivity contribution in [2.75, 3.05) is 26.2 Å². The third kappa shape index (κ3) is 5.88. The summed E-state index contributed by atoms with van der Waals surface area (Å²) in [7, 11) is 0. The van der Waals surface area contributed by atoms with Gasteiger partial charge in [0.1, 0.15) is 12.0 Å². The molecule has 0 spiro atoms. The van der Waals surface area contributed by atoms with E-state index in [1.54, 1.807) is 6.33 Å². The third-order valence-corrected chi connectivity index (χ3v) is 7.72. The van der Waals surface area contributed by atoms with Crippen molar-refractivity contribution >= 4 is 40.3 Å². The van der Waals surface area contributed by atoms with Crippen LogP contribution in [-0.4, -0.2) is 62.1 Å². The Morgan fingerprint density at radius 1 is 1.12 bits per heavy atom. The van der Waals surface area contributed by atoms with Crippen molar-refractivity contribution in [2.45, 2.75) is 52.6 Å². The van der Waals surface area contributed by atoms with Crippen molar-refractivity contribution in [3.63, 3.8) is 0 Å². The number of aryl methyl sites for hydroxylation is 1. The van der Waals surface area contributed by atoms with Gasteiger partial charge in [0, 0.05) is 54.6 Å². The van der Waals surface area contributed by atoms with E-state index in [-0.39, 0.29) is 29.8 Å². The van der Waals surface area contributed by atoms with E-state index < -0.39 is 5.91 Å². The van der Waals surface area contributed by atoms with Crippen LogP contribution >= 0.6 is 12.4 Å². The first-order chi connectivity index (χ1) is 19.7. The second-order valence-electron chi connectivity index (χ2n) is 11.9. The summed E-state index contributed by atoms with van der Waals surface area (Å²) in [6.45, 7) is 15.0. The predicted molar refractivity (Wildman–Crippen MR) is 166 cm³/mol. The minimum atomic E-state index is -0.392. The van der Waals surface area contributed by atoms with E-state index in [0.29, 0.717) is 5.82 Å². The number of nitrogens with zero attached hydrogens (tertiary/aromatic N) is 5. The number of aromatic nitrogens is 5. The van der Waals surface area contributed by atoms with Gasteiger partial charge in [-0.25, -0.2) is 9.97 Å². The number of halogens is 1. The van der Waals surface area contributed by atoms with Crippen LogP contribution in [0.2, 0.25) is 0 Å². The maximum absolute atomic E-state index is 12.8. The first-order valence-corrected chi connectivity index (χ1v) is 14.1. The number of hydrogen-bond acceptors (Lipinski definition) is 8. The number of H-pyrrole nitrogens is 1. The number of hydrogen-bond donors (Lipinski definition) is 3. The highest BCUT2D eigenvalue weighted by Gasteiger charge is 2.25. The summed E-state index contributed by atoms with van der Waals surface area (Å²) in [4.78, 5) is 32.3. The number of benzene rings is 2. The molecule has 0 radical (unpaired) electrons. The maximum atomic E-state index is 12.8. The molecule has 5 aromatic rings. The fourth-order valence-corrected chi connectivity index (χ4v) is 5.49. The molecule has 1 aliphatic heterocycles. The Morgan fingerprint density at radius 2 is 1.90 bits per heavy atom. The SMILES string of the molecule is Cc1cc(-c2ncnc3[nH]c4cc(CN5CCNCC5)ccc4c23)ccc1[C@@H](C)NC(=O)c1nc(C(C)(C)C)no1.Cl. The van der Waals surface area contributed by atoms with Crippen molar-refractivity contribution < 1.29 is 9.32 Å². The smallest absolute Gasteiger partial charge is 0.315 e. The zero-order valence-corrected chi connectivity index (χ0v) is 25.4. The molecule has 1 fully saturated rings. The second-order valence-corrected chi connectivity index (χ2v) is 11.9. The number of carbonyl (C=O) groups is 1. The number of rotatable bonds is 6. The minimum Gasteiger partial charge on any atom is -0.341 e. The van der Waals surface area contributed by atoms with Gasteiger partial charge in [-0.3, -0.25) is 9.69 Å². The highest BCUT2D eigenvalue weighted by atomic mass is 35.5. The number of amides is 1. The molecule has 0 saturated carbocycles. The highest BCUT2D eigenvalue weighted by Crippen LogP contribution is 2.34. The highest BCUT2D eigenvalue weighted by molar-refractivity contribution is 6.12. The summed E-state index contributed by atoms with van der Waals surface area (Å²) < 4.78 is 5.22. The van der Waals surface area contributed by atoms with E-state index in [4.69, 9.17) is 9.51 Å². The van der Waals surface area contributed by atoms with E-state index in [1.807, 2.05) is 40.7 Å². The van der Waals surface area contributed by atoms with Gasteiger partial charge in [0.05, 0.1) is 17.1 Å². The van der Waals surface area contributed by atoms with Crippen LogP contribution in [0.4, 0.5) is 0 Å². The Bertz CT molecular complexity index is 1730. The Labute approximate surface area is 251 Å². The molecule has 3 N–H and O–H groups in total. The number of carbonyl (C=O) groups excluding carboxylic acids is 1. The van der Waals surface area contributed by atoms with E-state index in [1.165, 1.54) is 5.56 Å². The van der Waals surface area contributed by atoms with Crippen LogP contribution in [0.1, 0.15) is 66.9 Å². The fourth-order valence-electron chi connectivity index (χ4n) is 5.49. The first-order valence-electron chi connectivity index (χ1n) is 14.1. The van der Waals surface area contributed by atoms with Gasteiger partial charge in [-0.1, -0.05) is 50.2 Å². The number of aromatic amines is 1. The molecule has 1 aliphatic rings. The van der Waals surface area contributed by atoms with Crippen LogP contribution in [0.25, 0.3) is 33.2 Å². The van der Waals surface area contributed by atoms with Crippen molar-refractivity contribution in [1.29, 1.82) is 0 Å². The van der Waals surface area contributed by atoms with Crippen molar-refractivity contribution in [2.24, 2.45) is 0 Å². The standard InChI is InChI=1S/C31H36N8O2.ClH/c1-18-14-21(7-9-22(18)19(2)35-28(40)29-37-30(38-41-29)31(3,4)5)26-25-23-8-6-20(16-39-12-10-32-11-13-39)15-24(23)36-27(25)34-17-33-26;/h6-9,14-15,17,19,32H,10-13,16H2,1-5H3,(H,35,40)(H,33,34,36);1H/t19-;/m1./s1. The summed E-state index contributed by atoms with van der Waals surface area (Å²) in [5.41, 5.74) is 6.78. The summed E-state index contributed by atoms with van der Waals surface area (Å²) in [6, 6.07) is 12.6. The zero-order valence-electron chi connectivity index (χ0n) is 24.6. The molecule has 0 bridgehead atoms. The Morgan fingerprint density at radius 3 is 2.62 bits per heavy atom. The summed E-state index contributed by atoms with van der Waals surface area (Å²) >= 11 is 0. The molecule has 1 saturated heterocycles. The van der Waals surface area contributed by atoms with Gasteiger partial charge in [-0.05, 0) is 42.7 Å². The van der Waals surface area contributed by atoms with Gasteiger partial charge < -0.3 is 20.1 Å². The lowest BCUT2D eigenvalue weighted by Gasteiger charge is -2.27. The molecule has 1 atom stereocenters. The molecule has 0 aliphatic carbocycles. The molecule has 1 amide bonds. The zero-order chi connectivity index (χ0) is 28.7. The molecule has 42 heavy (non-hydrogen) atoms. The summed E-state index contributed by atoms with van der Waals surface area (Å²) in [6.07, 6.45) is 1.61. The van der Waals surface area contributed by atoms with Crippen LogP contribution in [0.5, 0.6) is 0 Å². The number of fused-ring (bicyclic) bond motifs is 3. The molecule has 10 nitrogen and oxygen atoms in total. The first kappa shape index (κ1) is 29.6. The molecule has 220 valence electrons. The van der Waals surface area contributed by atoms with Crippen molar-refractivity contribution in [3.8, 4) is 11.3 Å². The fraction of sp³-hybridized carbons (Fsp3) is 0.387. The van der Waals surface area contributed by atoms with Crippen LogP contribution in [0, 0.1) is 6.92 Å². The van der Waals surface area contributed by atoms with Crippen LogP contribution in [0.3, 0.4) is 0 Å². The largest absolute Gasteiger partial charge is 0.341 e. The summed E-state index contributed by atoms with van der Waals surface area (Å²) in [5.74, 6) is 0.0755. The van der Waals surface area contributed by atoms with Crippen LogP contribution < -0.4 is 10.6 Å². The lowest BCUT2D eigenvalue weighted by atomic mass is 9.96. The Balaban J connectivity index is 0.00000353. The molecular weight excluding hydrogens is 552 g/mol. The molecule has 4 heterocycles.